The van der Waals surface area contributed by atoms with Crippen LogP contribution < -0.4 is 14.2 Å². The standard InChI is InChI=1S/C13H16O4/c1-15-11-9(13(14)5-6-13)3-4-10-12(11)17-8-2-7-16-10/h3-4,14H,2,5-8H2,1H3. The molecule has 17 heavy (non-hydrogen) atoms. The minimum Gasteiger partial charge on any atom is -0.492 e. The lowest BCUT2D eigenvalue weighted by molar-refractivity contribution is 0.146. The molecule has 0 amide bonds. The molecule has 4 nitrogen and oxygen atoms in total. The Morgan fingerprint density at radius 2 is 2.00 bits per heavy atom. The average Bonchev–Trinajstić information content (AvgIpc) is 3.11. The molecule has 4 heteroatoms. The summed E-state index contributed by atoms with van der Waals surface area (Å²) in [4.78, 5) is 0. The van der Waals surface area contributed by atoms with E-state index in [-0.39, 0.29) is 0 Å². The zero-order valence-corrected chi connectivity index (χ0v) is 9.86. The lowest BCUT2D eigenvalue weighted by atomic mass is 10.1. The minimum absolute atomic E-state index is 0.615. The summed E-state index contributed by atoms with van der Waals surface area (Å²) in [5.41, 5.74) is 0.0833. The van der Waals surface area contributed by atoms with Crippen molar-refractivity contribution in [2.45, 2.75) is 24.9 Å². The molecule has 0 saturated heterocycles. The Balaban J connectivity index is 2.10. The van der Waals surface area contributed by atoms with E-state index in [1.807, 2.05) is 12.1 Å². The molecule has 0 bridgehead atoms. The smallest absolute Gasteiger partial charge is 0.203 e. The lowest BCUT2D eigenvalue weighted by Gasteiger charge is -2.18. The first-order chi connectivity index (χ1) is 8.24. The summed E-state index contributed by atoms with van der Waals surface area (Å²) < 4.78 is 16.7. The van der Waals surface area contributed by atoms with E-state index in [4.69, 9.17) is 14.2 Å². The second kappa shape index (κ2) is 3.81. The van der Waals surface area contributed by atoms with Crippen molar-refractivity contribution < 1.29 is 19.3 Å². The molecule has 0 spiro atoms. The fourth-order valence-corrected chi connectivity index (χ4v) is 2.17. The van der Waals surface area contributed by atoms with Crippen LogP contribution in [-0.2, 0) is 5.60 Å². The number of ether oxygens (including phenoxy) is 3. The van der Waals surface area contributed by atoms with Gasteiger partial charge in [-0.1, -0.05) is 0 Å². The molecular weight excluding hydrogens is 220 g/mol. The third-order valence-corrected chi connectivity index (χ3v) is 3.30. The maximum atomic E-state index is 10.2. The van der Waals surface area contributed by atoms with Gasteiger partial charge in [0.2, 0.25) is 5.75 Å². The number of aliphatic hydroxyl groups is 1. The second-order valence-electron chi connectivity index (χ2n) is 4.56. The van der Waals surface area contributed by atoms with Crippen molar-refractivity contribution in [3.63, 3.8) is 0 Å². The molecule has 1 heterocycles. The van der Waals surface area contributed by atoms with Crippen molar-refractivity contribution in [2.75, 3.05) is 20.3 Å². The van der Waals surface area contributed by atoms with Crippen LogP contribution in [0, 0.1) is 0 Å². The second-order valence-corrected chi connectivity index (χ2v) is 4.56. The molecule has 1 aliphatic carbocycles. The SMILES string of the molecule is COc1c(C2(O)CC2)ccc2c1OCCCO2. The largest absolute Gasteiger partial charge is 0.492 e. The molecule has 1 aromatic carbocycles. The number of methoxy groups -OCH3 is 1. The zero-order chi connectivity index (χ0) is 11.9. The highest BCUT2D eigenvalue weighted by Gasteiger charge is 2.45. The molecule has 0 unspecified atom stereocenters. The van der Waals surface area contributed by atoms with Crippen molar-refractivity contribution >= 4 is 0 Å². The van der Waals surface area contributed by atoms with Crippen molar-refractivity contribution in [1.29, 1.82) is 0 Å². The maximum absolute atomic E-state index is 10.2. The summed E-state index contributed by atoms with van der Waals surface area (Å²) in [5, 5.41) is 10.2. The summed E-state index contributed by atoms with van der Waals surface area (Å²) in [6, 6.07) is 3.73. The zero-order valence-electron chi connectivity index (χ0n) is 9.86. The molecule has 0 atom stereocenters. The first kappa shape index (κ1) is 10.7. The van der Waals surface area contributed by atoms with E-state index in [1.165, 1.54) is 0 Å². The van der Waals surface area contributed by atoms with E-state index < -0.39 is 5.60 Å². The van der Waals surface area contributed by atoms with E-state index >= 15 is 0 Å². The topological polar surface area (TPSA) is 47.9 Å². The highest BCUT2D eigenvalue weighted by atomic mass is 16.5. The molecule has 2 aliphatic rings. The molecule has 92 valence electrons. The van der Waals surface area contributed by atoms with Gasteiger partial charge in [0.15, 0.2) is 11.5 Å². The number of hydrogen-bond donors (Lipinski definition) is 1. The van der Waals surface area contributed by atoms with E-state index in [9.17, 15) is 5.11 Å². The molecule has 1 saturated carbocycles. The predicted molar refractivity (Wildman–Crippen MR) is 61.7 cm³/mol. The maximum Gasteiger partial charge on any atom is 0.203 e. The van der Waals surface area contributed by atoms with Gasteiger partial charge in [-0.15, -0.1) is 0 Å². The first-order valence-electron chi connectivity index (χ1n) is 5.94. The van der Waals surface area contributed by atoms with Gasteiger partial charge in [0.25, 0.3) is 0 Å². The van der Waals surface area contributed by atoms with E-state index in [1.54, 1.807) is 7.11 Å². The number of rotatable bonds is 2. The fraction of sp³-hybridized carbons (Fsp3) is 0.538. The Labute approximate surface area is 100 Å². The van der Waals surface area contributed by atoms with Gasteiger partial charge in [-0.05, 0) is 25.0 Å². The highest BCUT2D eigenvalue weighted by Crippen LogP contribution is 2.53. The van der Waals surface area contributed by atoms with Crippen LogP contribution in [0.4, 0.5) is 0 Å². The molecule has 1 aromatic rings. The average molecular weight is 236 g/mol. The Morgan fingerprint density at radius 1 is 1.24 bits per heavy atom. The third-order valence-electron chi connectivity index (χ3n) is 3.30. The van der Waals surface area contributed by atoms with E-state index in [2.05, 4.69) is 0 Å². The lowest BCUT2D eigenvalue weighted by Crippen LogP contribution is -2.08. The van der Waals surface area contributed by atoms with Gasteiger partial charge in [0, 0.05) is 12.0 Å². The van der Waals surface area contributed by atoms with E-state index in [0.29, 0.717) is 30.5 Å². The van der Waals surface area contributed by atoms with Gasteiger partial charge in [-0.3, -0.25) is 0 Å². The third kappa shape index (κ3) is 1.72. The Morgan fingerprint density at radius 3 is 2.71 bits per heavy atom. The van der Waals surface area contributed by atoms with Crippen molar-refractivity contribution in [1.82, 2.24) is 0 Å². The van der Waals surface area contributed by atoms with Crippen LogP contribution in [0.2, 0.25) is 0 Å². The summed E-state index contributed by atoms with van der Waals surface area (Å²) in [6.07, 6.45) is 2.42. The van der Waals surface area contributed by atoms with Crippen LogP contribution in [0.25, 0.3) is 0 Å². The Bertz CT molecular complexity index is 437. The minimum atomic E-state index is -0.726. The van der Waals surface area contributed by atoms with Crippen molar-refractivity contribution in [3.05, 3.63) is 17.7 Å². The number of fused-ring (bicyclic) bond motifs is 1. The van der Waals surface area contributed by atoms with Gasteiger partial charge >= 0.3 is 0 Å². The predicted octanol–water partition coefficient (Wildman–Crippen LogP) is 1.84. The van der Waals surface area contributed by atoms with Gasteiger partial charge in [0.1, 0.15) is 0 Å². The Kier molecular flexibility index (Phi) is 2.40. The monoisotopic (exact) mass is 236 g/mol. The summed E-state index contributed by atoms with van der Waals surface area (Å²) in [5.74, 6) is 1.94. The molecule has 3 rings (SSSR count). The molecule has 1 N–H and O–H groups in total. The summed E-state index contributed by atoms with van der Waals surface area (Å²) >= 11 is 0. The van der Waals surface area contributed by atoms with Crippen LogP contribution in [-0.4, -0.2) is 25.4 Å². The Hall–Kier alpha value is -1.42. The molecular formula is C13H16O4. The first-order valence-corrected chi connectivity index (χ1v) is 5.94. The number of benzene rings is 1. The normalized spacial score (nSPS) is 20.6. The van der Waals surface area contributed by atoms with Crippen LogP contribution in [0.1, 0.15) is 24.8 Å². The van der Waals surface area contributed by atoms with Crippen LogP contribution in [0.15, 0.2) is 12.1 Å². The number of hydrogen-bond acceptors (Lipinski definition) is 4. The summed E-state index contributed by atoms with van der Waals surface area (Å²) in [7, 11) is 1.60. The fourth-order valence-electron chi connectivity index (χ4n) is 2.17. The molecule has 1 aliphatic heterocycles. The van der Waals surface area contributed by atoms with Crippen molar-refractivity contribution in [2.24, 2.45) is 0 Å². The van der Waals surface area contributed by atoms with Gasteiger partial charge in [-0.2, -0.15) is 0 Å². The highest BCUT2D eigenvalue weighted by molar-refractivity contribution is 5.58. The van der Waals surface area contributed by atoms with Crippen LogP contribution in [0.5, 0.6) is 17.2 Å². The van der Waals surface area contributed by atoms with Gasteiger partial charge in [-0.25, -0.2) is 0 Å². The van der Waals surface area contributed by atoms with Crippen LogP contribution >= 0.6 is 0 Å². The van der Waals surface area contributed by atoms with Crippen LogP contribution in [0.3, 0.4) is 0 Å². The van der Waals surface area contributed by atoms with Crippen molar-refractivity contribution in [3.8, 4) is 17.2 Å². The molecule has 0 radical (unpaired) electrons. The quantitative estimate of drug-likeness (QED) is 0.851. The molecule has 0 aromatic heterocycles. The van der Waals surface area contributed by atoms with E-state index in [0.717, 1.165) is 24.8 Å². The summed E-state index contributed by atoms with van der Waals surface area (Å²) in [6.45, 7) is 1.27. The van der Waals surface area contributed by atoms with Gasteiger partial charge in [0.05, 0.1) is 25.9 Å². The van der Waals surface area contributed by atoms with Gasteiger partial charge < -0.3 is 19.3 Å². The molecule has 1 fully saturated rings.